The summed E-state index contributed by atoms with van der Waals surface area (Å²) in [5.41, 5.74) is 11.3. The van der Waals surface area contributed by atoms with Gasteiger partial charge in [0.1, 0.15) is 12.3 Å². The fourth-order valence-electron chi connectivity index (χ4n) is 1.79. The number of ether oxygens (including phenoxy) is 1. The first-order chi connectivity index (χ1) is 10.0. The third kappa shape index (κ3) is 3.30. The third-order valence-corrected chi connectivity index (χ3v) is 2.71. The smallest absolute Gasteiger partial charge is 0.271 e. The summed E-state index contributed by atoms with van der Waals surface area (Å²) in [6, 6.07) is 7.01. The van der Waals surface area contributed by atoms with Gasteiger partial charge in [0.2, 0.25) is 5.91 Å². The van der Waals surface area contributed by atoms with Gasteiger partial charge >= 0.3 is 0 Å². The summed E-state index contributed by atoms with van der Waals surface area (Å²) in [4.78, 5) is 23.0. The lowest BCUT2D eigenvalue weighted by Crippen LogP contribution is -2.20. The highest BCUT2D eigenvalue weighted by molar-refractivity contribution is 5.96. The first kappa shape index (κ1) is 14.4. The fraction of sp³-hybridized carbons (Fsp3) is 0.154. The lowest BCUT2D eigenvalue weighted by Gasteiger charge is -2.09. The molecule has 1 aromatic carbocycles. The standard InChI is InChI=1S/C13H15N5O3/c1-21-10-5-3-2-4-9(10)16-11(19)7-18-6-8(14)12(17-18)13(15)20/h2-6H,7,14H2,1H3,(H2,15,20)(H,16,19). The average Bonchev–Trinajstić information content (AvgIpc) is 2.80. The van der Waals surface area contributed by atoms with E-state index in [2.05, 4.69) is 10.4 Å². The second-order valence-corrected chi connectivity index (χ2v) is 4.24. The van der Waals surface area contributed by atoms with E-state index in [0.29, 0.717) is 11.4 Å². The normalized spacial score (nSPS) is 10.1. The van der Waals surface area contributed by atoms with Gasteiger partial charge in [-0.1, -0.05) is 12.1 Å². The zero-order valence-electron chi connectivity index (χ0n) is 11.4. The zero-order chi connectivity index (χ0) is 15.4. The van der Waals surface area contributed by atoms with Crippen molar-refractivity contribution in [2.24, 2.45) is 5.73 Å². The third-order valence-electron chi connectivity index (χ3n) is 2.71. The molecule has 1 heterocycles. The second-order valence-electron chi connectivity index (χ2n) is 4.24. The Bertz CT molecular complexity index is 680. The van der Waals surface area contributed by atoms with Gasteiger partial charge in [-0.2, -0.15) is 5.10 Å². The van der Waals surface area contributed by atoms with Crippen molar-refractivity contribution in [2.75, 3.05) is 18.2 Å². The summed E-state index contributed by atoms with van der Waals surface area (Å²) in [5.74, 6) is -0.530. The lowest BCUT2D eigenvalue weighted by molar-refractivity contribution is -0.116. The van der Waals surface area contributed by atoms with Crippen LogP contribution >= 0.6 is 0 Å². The first-order valence-electron chi connectivity index (χ1n) is 6.07. The van der Waals surface area contributed by atoms with Crippen LogP contribution < -0.4 is 21.5 Å². The maximum absolute atomic E-state index is 12.0. The van der Waals surface area contributed by atoms with E-state index in [0.717, 1.165) is 0 Å². The number of rotatable bonds is 5. The monoisotopic (exact) mass is 289 g/mol. The molecule has 2 aromatic rings. The Morgan fingerprint density at radius 3 is 2.71 bits per heavy atom. The predicted octanol–water partition coefficient (Wildman–Crippen LogP) is 0.212. The van der Waals surface area contributed by atoms with Gasteiger partial charge in [0, 0.05) is 6.20 Å². The van der Waals surface area contributed by atoms with Crippen molar-refractivity contribution >= 4 is 23.2 Å². The molecule has 8 heteroatoms. The van der Waals surface area contributed by atoms with Crippen molar-refractivity contribution < 1.29 is 14.3 Å². The van der Waals surface area contributed by atoms with Crippen LogP contribution in [0.5, 0.6) is 5.75 Å². The fourth-order valence-corrected chi connectivity index (χ4v) is 1.79. The van der Waals surface area contributed by atoms with E-state index in [1.807, 2.05) is 0 Å². The van der Waals surface area contributed by atoms with Crippen molar-refractivity contribution in [3.8, 4) is 5.75 Å². The number of nitrogens with two attached hydrogens (primary N) is 2. The van der Waals surface area contributed by atoms with Crippen LogP contribution in [-0.2, 0) is 11.3 Å². The summed E-state index contributed by atoms with van der Waals surface area (Å²) in [6.45, 7) is -0.102. The number of hydrogen-bond donors (Lipinski definition) is 3. The number of carbonyl (C=O) groups excluding carboxylic acids is 2. The quantitative estimate of drug-likeness (QED) is 0.725. The summed E-state index contributed by atoms with van der Waals surface area (Å²) in [7, 11) is 1.51. The second kappa shape index (κ2) is 5.95. The van der Waals surface area contributed by atoms with Crippen LogP contribution in [0, 0.1) is 0 Å². The molecule has 0 aliphatic carbocycles. The van der Waals surface area contributed by atoms with Crippen LogP contribution in [0.3, 0.4) is 0 Å². The van der Waals surface area contributed by atoms with Crippen molar-refractivity contribution in [2.45, 2.75) is 6.54 Å². The lowest BCUT2D eigenvalue weighted by atomic mass is 10.3. The van der Waals surface area contributed by atoms with E-state index >= 15 is 0 Å². The molecule has 8 nitrogen and oxygen atoms in total. The molecule has 0 saturated carbocycles. The van der Waals surface area contributed by atoms with Gasteiger partial charge < -0.3 is 21.5 Å². The number of primary amides is 1. The zero-order valence-corrected chi connectivity index (χ0v) is 11.4. The molecule has 0 unspecified atom stereocenters. The molecule has 0 aliphatic rings. The maximum atomic E-state index is 12.0. The highest BCUT2D eigenvalue weighted by Gasteiger charge is 2.14. The van der Waals surface area contributed by atoms with Crippen LogP contribution in [-0.4, -0.2) is 28.7 Å². The number of anilines is 2. The van der Waals surface area contributed by atoms with Crippen molar-refractivity contribution in [1.29, 1.82) is 0 Å². The molecule has 0 fully saturated rings. The summed E-state index contributed by atoms with van der Waals surface area (Å²) in [5, 5.41) is 6.54. The minimum Gasteiger partial charge on any atom is -0.495 e. The van der Waals surface area contributed by atoms with Gasteiger partial charge in [-0.05, 0) is 12.1 Å². The minimum atomic E-state index is -0.739. The SMILES string of the molecule is COc1ccccc1NC(=O)Cn1cc(N)c(C(N)=O)n1. The molecule has 5 N–H and O–H groups in total. The van der Waals surface area contributed by atoms with Crippen molar-refractivity contribution in [1.82, 2.24) is 9.78 Å². The minimum absolute atomic E-state index is 0.0555. The van der Waals surface area contributed by atoms with Crippen LogP contribution in [0.2, 0.25) is 0 Å². The van der Waals surface area contributed by atoms with E-state index in [1.165, 1.54) is 18.0 Å². The van der Waals surface area contributed by atoms with E-state index in [9.17, 15) is 9.59 Å². The number of methoxy groups -OCH3 is 1. The molecule has 0 bridgehead atoms. The summed E-state index contributed by atoms with van der Waals surface area (Å²) in [6.07, 6.45) is 1.38. The van der Waals surface area contributed by atoms with Gasteiger partial charge in [-0.3, -0.25) is 14.3 Å². The van der Waals surface area contributed by atoms with E-state index in [1.54, 1.807) is 24.3 Å². The molecule has 0 spiro atoms. The maximum Gasteiger partial charge on any atom is 0.271 e. The molecule has 0 aliphatic heterocycles. The number of nitrogen functional groups attached to an aromatic ring is 1. The Labute approximate surface area is 120 Å². The molecule has 1 aromatic heterocycles. The van der Waals surface area contributed by atoms with E-state index in [4.69, 9.17) is 16.2 Å². The number of benzene rings is 1. The highest BCUT2D eigenvalue weighted by atomic mass is 16.5. The number of hydrogen-bond acceptors (Lipinski definition) is 5. The molecular weight excluding hydrogens is 274 g/mol. The van der Waals surface area contributed by atoms with Crippen LogP contribution in [0.25, 0.3) is 0 Å². The molecule has 2 amide bonds. The van der Waals surface area contributed by atoms with Gasteiger partial charge in [-0.15, -0.1) is 0 Å². The highest BCUT2D eigenvalue weighted by Crippen LogP contribution is 2.22. The number of carbonyl (C=O) groups is 2. The van der Waals surface area contributed by atoms with Crippen LogP contribution in [0.15, 0.2) is 30.5 Å². The summed E-state index contributed by atoms with van der Waals surface area (Å²) < 4.78 is 6.38. The van der Waals surface area contributed by atoms with Crippen molar-refractivity contribution in [3.63, 3.8) is 0 Å². The van der Waals surface area contributed by atoms with Crippen LogP contribution in [0.1, 0.15) is 10.5 Å². The average molecular weight is 289 g/mol. The Balaban J connectivity index is 2.08. The Morgan fingerprint density at radius 2 is 2.10 bits per heavy atom. The van der Waals surface area contributed by atoms with Gasteiger partial charge in [0.05, 0.1) is 18.5 Å². The number of para-hydroxylation sites is 2. The molecule has 0 saturated heterocycles. The Hall–Kier alpha value is -3.03. The molecule has 0 radical (unpaired) electrons. The largest absolute Gasteiger partial charge is 0.495 e. The number of aromatic nitrogens is 2. The molecular formula is C13H15N5O3. The summed E-state index contributed by atoms with van der Waals surface area (Å²) >= 11 is 0. The molecule has 21 heavy (non-hydrogen) atoms. The number of amides is 2. The molecule has 0 atom stereocenters. The van der Waals surface area contributed by atoms with E-state index in [-0.39, 0.29) is 23.8 Å². The van der Waals surface area contributed by atoms with Gasteiger partial charge in [0.25, 0.3) is 5.91 Å². The van der Waals surface area contributed by atoms with Gasteiger partial charge in [0.15, 0.2) is 5.69 Å². The Kier molecular flexibility index (Phi) is 4.07. The Morgan fingerprint density at radius 1 is 1.38 bits per heavy atom. The van der Waals surface area contributed by atoms with Gasteiger partial charge in [-0.25, -0.2) is 0 Å². The predicted molar refractivity (Wildman–Crippen MR) is 76.8 cm³/mol. The topological polar surface area (TPSA) is 125 Å². The molecule has 2 rings (SSSR count). The van der Waals surface area contributed by atoms with E-state index < -0.39 is 5.91 Å². The first-order valence-corrected chi connectivity index (χ1v) is 6.07. The van der Waals surface area contributed by atoms with Crippen molar-refractivity contribution in [3.05, 3.63) is 36.2 Å². The number of nitrogens with zero attached hydrogens (tertiary/aromatic N) is 2. The van der Waals surface area contributed by atoms with Crippen LogP contribution in [0.4, 0.5) is 11.4 Å². The number of nitrogens with one attached hydrogen (secondary N) is 1. The molecule has 110 valence electrons.